The van der Waals surface area contributed by atoms with Crippen LogP contribution >= 0.6 is 12.4 Å². The summed E-state index contributed by atoms with van der Waals surface area (Å²) >= 11 is 0. The van der Waals surface area contributed by atoms with Gasteiger partial charge in [-0.25, -0.2) is 0 Å². The fourth-order valence-corrected chi connectivity index (χ4v) is 1.40. The number of hydrogen-bond acceptors (Lipinski definition) is 3. The van der Waals surface area contributed by atoms with Crippen molar-refractivity contribution in [3.05, 3.63) is 30.4 Å². The van der Waals surface area contributed by atoms with E-state index < -0.39 is 0 Å². The van der Waals surface area contributed by atoms with Gasteiger partial charge in [-0.2, -0.15) is 10.2 Å². The van der Waals surface area contributed by atoms with E-state index in [0.717, 1.165) is 24.5 Å². The second kappa shape index (κ2) is 5.55. The quantitative estimate of drug-likeness (QED) is 0.886. The smallest absolute Gasteiger partial charge is 0.0729 e. The summed E-state index contributed by atoms with van der Waals surface area (Å²) < 4.78 is 3.75. The number of aryl methyl sites for hydroxylation is 2. The molecule has 0 aliphatic rings. The van der Waals surface area contributed by atoms with Gasteiger partial charge in [0.15, 0.2) is 0 Å². The second-order valence-corrected chi connectivity index (χ2v) is 3.38. The fraction of sp³-hybridized carbons (Fsp3) is 0.400. The molecule has 1 N–H and O–H groups in total. The van der Waals surface area contributed by atoms with Gasteiger partial charge in [0.05, 0.1) is 24.1 Å². The molecular formula is C10H16ClN5. The first-order chi connectivity index (χ1) is 7.29. The standard InChI is InChI=1S/C10H15N5.ClH/c1-3-15-8-9(6-13-15)11-7-10-4-5-12-14(10)2;/h4-6,8,11H,3,7H2,1-2H3;1H. The van der Waals surface area contributed by atoms with Crippen molar-refractivity contribution in [1.29, 1.82) is 0 Å². The molecule has 0 aliphatic heterocycles. The van der Waals surface area contributed by atoms with Gasteiger partial charge < -0.3 is 5.32 Å². The van der Waals surface area contributed by atoms with E-state index >= 15 is 0 Å². The number of halogens is 1. The molecule has 88 valence electrons. The Kier molecular flexibility index (Phi) is 4.37. The number of nitrogens with one attached hydrogen (secondary N) is 1. The molecule has 0 atom stereocenters. The third-order valence-corrected chi connectivity index (χ3v) is 2.35. The van der Waals surface area contributed by atoms with Gasteiger partial charge in [-0.3, -0.25) is 9.36 Å². The highest BCUT2D eigenvalue weighted by Gasteiger charge is 1.99. The Labute approximate surface area is 101 Å². The lowest BCUT2D eigenvalue weighted by Gasteiger charge is -2.03. The third-order valence-electron chi connectivity index (χ3n) is 2.35. The Morgan fingerprint density at radius 1 is 1.38 bits per heavy atom. The highest BCUT2D eigenvalue weighted by Crippen LogP contribution is 2.07. The molecule has 2 aromatic rings. The Hall–Kier alpha value is -1.49. The van der Waals surface area contributed by atoms with Crippen molar-refractivity contribution < 1.29 is 0 Å². The van der Waals surface area contributed by atoms with E-state index in [1.807, 2.05) is 34.9 Å². The van der Waals surface area contributed by atoms with Gasteiger partial charge in [0, 0.05) is 26.0 Å². The van der Waals surface area contributed by atoms with Gasteiger partial charge in [-0.1, -0.05) is 0 Å². The van der Waals surface area contributed by atoms with Crippen LogP contribution in [0, 0.1) is 0 Å². The van der Waals surface area contributed by atoms with Crippen molar-refractivity contribution in [3.63, 3.8) is 0 Å². The molecular weight excluding hydrogens is 226 g/mol. The highest BCUT2D eigenvalue weighted by molar-refractivity contribution is 5.85. The lowest BCUT2D eigenvalue weighted by molar-refractivity contribution is 0.660. The van der Waals surface area contributed by atoms with E-state index in [9.17, 15) is 0 Å². The lowest BCUT2D eigenvalue weighted by Crippen LogP contribution is -2.04. The molecule has 5 nitrogen and oxygen atoms in total. The van der Waals surface area contributed by atoms with Crippen molar-refractivity contribution in [2.45, 2.75) is 20.0 Å². The number of anilines is 1. The summed E-state index contributed by atoms with van der Waals surface area (Å²) in [5.41, 5.74) is 2.19. The van der Waals surface area contributed by atoms with E-state index in [1.54, 1.807) is 6.20 Å². The summed E-state index contributed by atoms with van der Waals surface area (Å²) in [6, 6.07) is 2.00. The first kappa shape index (κ1) is 12.6. The van der Waals surface area contributed by atoms with Crippen LogP contribution in [0.3, 0.4) is 0 Å². The number of aromatic nitrogens is 4. The zero-order valence-electron chi connectivity index (χ0n) is 9.42. The largest absolute Gasteiger partial charge is 0.377 e. The van der Waals surface area contributed by atoms with E-state index in [4.69, 9.17) is 0 Å². The van der Waals surface area contributed by atoms with Crippen LogP contribution in [0.5, 0.6) is 0 Å². The summed E-state index contributed by atoms with van der Waals surface area (Å²) in [5, 5.41) is 11.6. The van der Waals surface area contributed by atoms with Crippen molar-refractivity contribution in [3.8, 4) is 0 Å². The van der Waals surface area contributed by atoms with Crippen LogP contribution in [-0.2, 0) is 20.1 Å². The van der Waals surface area contributed by atoms with Crippen molar-refractivity contribution in [2.75, 3.05) is 5.32 Å². The number of rotatable bonds is 4. The molecule has 0 amide bonds. The number of hydrogen-bond donors (Lipinski definition) is 1. The van der Waals surface area contributed by atoms with Gasteiger partial charge in [0.25, 0.3) is 0 Å². The second-order valence-electron chi connectivity index (χ2n) is 3.38. The monoisotopic (exact) mass is 241 g/mol. The minimum atomic E-state index is 0. The Bertz CT molecular complexity index is 434. The molecule has 0 saturated heterocycles. The molecule has 0 aliphatic carbocycles. The Balaban J connectivity index is 0.00000128. The van der Waals surface area contributed by atoms with Crippen LogP contribution in [-0.4, -0.2) is 19.6 Å². The zero-order chi connectivity index (χ0) is 10.7. The first-order valence-corrected chi connectivity index (χ1v) is 5.03. The highest BCUT2D eigenvalue weighted by atomic mass is 35.5. The molecule has 16 heavy (non-hydrogen) atoms. The van der Waals surface area contributed by atoms with Crippen molar-refractivity contribution in [1.82, 2.24) is 19.6 Å². The van der Waals surface area contributed by atoms with Gasteiger partial charge in [0.1, 0.15) is 0 Å². The fourth-order valence-electron chi connectivity index (χ4n) is 1.40. The Morgan fingerprint density at radius 2 is 2.19 bits per heavy atom. The maximum atomic E-state index is 4.19. The molecule has 0 fully saturated rings. The van der Waals surface area contributed by atoms with E-state index in [-0.39, 0.29) is 12.4 Å². The topological polar surface area (TPSA) is 47.7 Å². The molecule has 2 aromatic heterocycles. The van der Waals surface area contributed by atoms with Crippen LogP contribution in [0.4, 0.5) is 5.69 Å². The van der Waals surface area contributed by atoms with E-state index in [0.29, 0.717) is 0 Å². The molecule has 0 aromatic carbocycles. The summed E-state index contributed by atoms with van der Waals surface area (Å²) in [4.78, 5) is 0. The average Bonchev–Trinajstić information content (AvgIpc) is 2.84. The van der Waals surface area contributed by atoms with Crippen LogP contribution in [0.15, 0.2) is 24.7 Å². The molecule has 2 heterocycles. The zero-order valence-corrected chi connectivity index (χ0v) is 10.2. The summed E-state index contributed by atoms with van der Waals surface area (Å²) in [6.07, 6.45) is 5.63. The molecule has 0 spiro atoms. The predicted molar refractivity (Wildman–Crippen MR) is 65.7 cm³/mol. The van der Waals surface area contributed by atoms with Crippen LogP contribution in [0.25, 0.3) is 0 Å². The molecule has 2 rings (SSSR count). The SMILES string of the molecule is CCn1cc(NCc2ccnn2C)cn1.Cl. The molecule has 0 radical (unpaired) electrons. The van der Waals surface area contributed by atoms with Gasteiger partial charge in [-0.15, -0.1) is 12.4 Å². The third kappa shape index (κ3) is 2.76. The first-order valence-electron chi connectivity index (χ1n) is 5.03. The van der Waals surface area contributed by atoms with Gasteiger partial charge in [-0.05, 0) is 13.0 Å². The summed E-state index contributed by atoms with van der Waals surface area (Å²) in [7, 11) is 1.94. The van der Waals surface area contributed by atoms with Crippen molar-refractivity contribution in [2.24, 2.45) is 7.05 Å². The molecule has 0 unspecified atom stereocenters. The molecule has 0 bridgehead atoms. The molecule has 6 heteroatoms. The molecule has 0 saturated carbocycles. The predicted octanol–water partition coefficient (Wildman–Crippen LogP) is 1.67. The van der Waals surface area contributed by atoms with Crippen LogP contribution in [0.2, 0.25) is 0 Å². The normalized spacial score (nSPS) is 9.88. The van der Waals surface area contributed by atoms with Crippen LogP contribution < -0.4 is 5.32 Å². The Morgan fingerprint density at radius 3 is 2.75 bits per heavy atom. The van der Waals surface area contributed by atoms with E-state index in [2.05, 4.69) is 22.4 Å². The minimum absolute atomic E-state index is 0. The van der Waals surface area contributed by atoms with Gasteiger partial charge in [0.2, 0.25) is 0 Å². The lowest BCUT2D eigenvalue weighted by atomic mass is 10.4. The average molecular weight is 242 g/mol. The maximum absolute atomic E-state index is 4.19. The van der Waals surface area contributed by atoms with E-state index in [1.165, 1.54) is 0 Å². The summed E-state index contributed by atoms with van der Waals surface area (Å²) in [5.74, 6) is 0. The summed E-state index contributed by atoms with van der Waals surface area (Å²) in [6.45, 7) is 3.73. The van der Waals surface area contributed by atoms with Crippen LogP contribution in [0.1, 0.15) is 12.6 Å². The van der Waals surface area contributed by atoms with Gasteiger partial charge >= 0.3 is 0 Å². The minimum Gasteiger partial charge on any atom is -0.377 e. The maximum Gasteiger partial charge on any atom is 0.0729 e. The van der Waals surface area contributed by atoms with Crippen molar-refractivity contribution >= 4 is 18.1 Å². The number of nitrogens with zero attached hydrogens (tertiary/aromatic N) is 4.